The monoisotopic (exact) mass is 330 g/mol. The standard InChI is InChI=1S/C16H26N2O3.ClH/c1-13(12-17)18-16(19)4-3-10-21-15-7-5-14(6-8-15)9-11-20-2;/h5-8,13H,3-4,9-12,17H2,1-2H3,(H,18,19);1H/t13-;/m0./s1. The van der Waals surface area contributed by atoms with Crippen LogP contribution in [0.2, 0.25) is 0 Å². The van der Waals surface area contributed by atoms with E-state index in [0.717, 1.165) is 18.8 Å². The SMILES string of the molecule is COCCc1ccc(OCCCC(=O)N[C@@H](C)CN)cc1.Cl. The van der Waals surface area contributed by atoms with Crippen molar-refractivity contribution < 1.29 is 14.3 Å². The zero-order valence-electron chi connectivity index (χ0n) is 13.3. The third-order valence-corrected chi connectivity index (χ3v) is 3.10. The van der Waals surface area contributed by atoms with Crippen LogP contribution in [0.5, 0.6) is 5.75 Å². The van der Waals surface area contributed by atoms with Gasteiger partial charge in [0.25, 0.3) is 0 Å². The summed E-state index contributed by atoms with van der Waals surface area (Å²) in [6.07, 6.45) is 2.04. The van der Waals surface area contributed by atoms with Crippen LogP contribution >= 0.6 is 12.4 Å². The van der Waals surface area contributed by atoms with E-state index in [4.69, 9.17) is 15.2 Å². The number of carbonyl (C=O) groups is 1. The highest BCUT2D eigenvalue weighted by Gasteiger charge is 2.05. The van der Waals surface area contributed by atoms with Gasteiger partial charge in [0.15, 0.2) is 0 Å². The fourth-order valence-corrected chi connectivity index (χ4v) is 1.80. The number of ether oxygens (including phenoxy) is 2. The first-order valence-electron chi connectivity index (χ1n) is 7.35. The lowest BCUT2D eigenvalue weighted by molar-refractivity contribution is -0.121. The minimum Gasteiger partial charge on any atom is -0.494 e. The molecule has 1 amide bonds. The summed E-state index contributed by atoms with van der Waals surface area (Å²) in [6, 6.07) is 7.98. The first-order chi connectivity index (χ1) is 10.2. The topological polar surface area (TPSA) is 73.6 Å². The molecular formula is C16H27ClN2O3. The average Bonchev–Trinajstić information content (AvgIpc) is 2.50. The zero-order valence-corrected chi connectivity index (χ0v) is 14.2. The van der Waals surface area contributed by atoms with E-state index in [-0.39, 0.29) is 24.4 Å². The number of amides is 1. The molecule has 0 radical (unpaired) electrons. The summed E-state index contributed by atoms with van der Waals surface area (Å²) in [7, 11) is 1.70. The molecule has 1 rings (SSSR count). The van der Waals surface area contributed by atoms with Gasteiger partial charge in [-0.3, -0.25) is 4.79 Å². The predicted octanol–water partition coefficient (Wildman–Crippen LogP) is 1.92. The first kappa shape index (κ1) is 20.7. The molecule has 22 heavy (non-hydrogen) atoms. The van der Waals surface area contributed by atoms with E-state index in [0.29, 0.717) is 26.0 Å². The number of halogens is 1. The summed E-state index contributed by atoms with van der Waals surface area (Å²) in [5.74, 6) is 0.846. The summed E-state index contributed by atoms with van der Waals surface area (Å²) in [4.78, 5) is 11.5. The third kappa shape index (κ3) is 8.87. The second-order valence-corrected chi connectivity index (χ2v) is 5.04. The Balaban J connectivity index is 0.00000441. The van der Waals surface area contributed by atoms with Crippen molar-refractivity contribution in [3.63, 3.8) is 0 Å². The minimum atomic E-state index is 0. The minimum absolute atomic E-state index is 0. The maximum atomic E-state index is 11.5. The molecule has 0 aromatic heterocycles. The van der Waals surface area contributed by atoms with Crippen LogP contribution in [0.1, 0.15) is 25.3 Å². The molecule has 1 atom stereocenters. The predicted molar refractivity (Wildman–Crippen MR) is 90.7 cm³/mol. The fourth-order valence-electron chi connectivity index (χ4n) is 1.80. The van der Waals surface area contributed by atoms with Gasteiger partial charge in [-0.1, -0.05) is 12.1 Å². The van der Waals surface area contributed by atoms with Gasteiger partial charge in [0.2, 0.25) is 5.91 Å². The molecule has 3 N–H and O–H groups in total. The van der Waals surface area contributed by atoms with E-state index < -0.39 is 0 Å². The van der Waals surface area contributed by atoms with Crippen molar-refractivity contribution in [3.8, 4) is 5.75 Å². The van der Waals surface area contributed by atoms with Crippen LogP contribution in [0.3, 0.4) is 0 Å². The largest absolute Gasteiger partial charge is 0.494 e. The molecule has 0 aliphatic rings. The van der Waals surface area contributed by atoms with E-state index in [1.807, 2.05) is 31.2 Å². The van der Waals surface area contributed by atoms with Gasteiger partial charge in [-0.05, 0) is 37.5 Å². The maximum absolute atomic E-state index is 11.5. The van der Waals surface area contributed by atoms with Crippen LogP contribution in [0, 0.1) is 0 Å². The Morgan fingerprint density at radius 3 is 2.55 bits per heavy atom. The molecule has 0 saturated heterocycles. The van der Waals surface area contributed by atoms with Gasteiger partial charge < -0.3 is 20.5 Å². The second kappa shape index (κ2) is 12.3. The molecule has 126 valence electrons. The van der Waals surface area contributed by atoms with Crippen molar-refractivity contribution in [2.75, 3.05) is 26.9 Å². The molecule has 0 aliphatic heterocycles. The molecule has 1 aromatic rings. The molecule has 0 heterocycles. The van der Waals surface area contributed by atoms with Crippen LogP contribution in [0.15, 0.2) is 24.3 Å². The Morgan fingerprint density at radius 2 is 1.95 bits per heavy atom. The Hall–Kier alpha value is -1.30. The van der Waals surface area contributed by atoms with Gasteiger partial charge in [-0.15, -0.1) is 12.4 Å². The van der Waals surface area contributed by atoms with Gasteiger partial charge in [0.1, 0.15) is 5.75 Å². The quantitative estimate of drug-likeness (QED) is 0.643. The van der Waals surface area contributed by atoms with Crippen LogP contribution < -0.4 is 15.8 Å². The molecule has 0 saturated carbocycles. The van der Waals surface area contributed by atoms with Crippen molar-refractivity contribution >= 4 is 18.3 Å². The van der Waals surface area contributed by atoms with E-state index in [1.165, 1.54) is 5.56 Å². The van der Waals surface area contributed by atoms with E-state index in [2.05, 4.69) is 5.32 Å². The number of benzene rings is 1. The van der Waals surface area contributed by atoms with Gasteiger partial charge in [-0.25, -0.2) is 0 Å². The number of methoxy groups -OCH3 is 1. The molecule has 0 aliphatic carbocycles. The average molecular weight is 331 g/mol. The van der Waals surface area contributed by atoms with E-state index in [1.54, 1.807) is 7.11 Å². The summed E-state index contributed by atoms with van der Waals surface area (Å²) in [5.41, 5.74) is 6.67. The van der Waals surface area contributed by atoms with Crippen LogP contribution in [0.25, 0.3) is 0 Å². The third-order valence-electron chi connectivity index (χ3n) is 3.10. The summed E-state index contributed by atoms with van der Waals surface area (Å²) in [5, 5.41) is 2.82. The lowest BCUT2D eigenvalue weighted by atomic mass is 10.1. The number of nitrogens with two attached hydrogens (primary N) is 1. The van der Waals surface area contributed by atoms with Crippen LogP contribution in [0.4, 0.5) is 0 Å². The normalized spacial score (nSPS) is 11.4. The molecule has 0 bridgehead atoms. The summed E-state index contributed by atoms with van der Waals surface area (Å²) < 4.78 is 10.6. The highest BCUT2D eigenvalue weighted by atomic mass is 35.5. The Labute approximate surface area is 139 Å². The van der Waals surface area contributed by atoms with Gasteiger partial charge in [-0.2, -0.15) is 0 Å². The first-order valence-corrected chi connectivity index (χ1v) is 7.35. The van der Waals surface area contributed by atoms with Crippen molar-refractivity contribution in [1.82, 2.24) is 5.32 Å². The van der Waals surface area contributed by atoms with Crippen molar-refractivity contribution in [2.45, 2.75) is 32.2 Å². The van der Waals surface area contributed by atoms with Crippen molar-refractivity contribution in [1.29, 1.82) is 0 Å². The molecule has 6 heteroatoms. The molecule has 0 spiro atoms. The highest BCUT2D eigenvalue weighted by molar-refractivity contribution is 5.85. The molecule has 0 unspecified atom stereocenters. The fraction of sp³-hybridized carbons (Fsp3) is 0.562. The van der Waals surface area contributed by atoms with Crippen LogP contribution in [-0.4, -0.2) is 38.8 Å². The number of carbonyl (C=O) groups excluding carboxylic acids is 1. The molecular weight excluding hydrogens is 304 g/mol. The van der Waals surface area contributed by atoms with Gasteiger partial charge in [0.05, 0.1) is 13.2 Å². The van der Waals surface area contributed by atoms with Gasteiger partial charge in [0, 0.05) is 26.1 Å². The smallest absolute Gasteiger partial charge is 0.220 e. The lowest BCUT2D eigenvalue weighted by Gasteiger charge is -2.11. The van der Waals surface area contributed by atoms with E-state index in [9.17, 15) is 4.79 Å². The summed E-state index contributed by atoms with van der Waals surface area (Å²) in [6.45, 7) is 3.59. The zero-order chi connectivity index (χ0) is 15.5. The van der Waals surface area contributed by atoms with Gasteiger partial charge >= 0.3 is 0 Å². The molecule has 0 fully saturated rings. The van der Waals surface area contributed by atoms with Crippen molar-refractivity contribution in [2.24, 2.45) is 5.73 Å². The second-order valence-electron chi connectivity index (χ2n) is 5.04. The Kier molecular flexibility index (Phi) is 11.5. The molecule has 5 nitrogen and oxygen atoms in total. The van der Waals surface area contributed by atoms with E-state index >= 15 is 0 Å². The number of rotatable bonds is 10. The number of hydrogen-bond donors (Lipinski definition) is 2. The lowest BCUT2D eigenvalue weighted by Crippen LogP contribution is -2.37. The number of hydrogen-bond acceptors (Lipinski definition) is 4. The number of nitrogens with one attached hydrogen (secondary N) is 1. The van der Waals surface area contributed by atoms with Crippen molar-refractivity contribution in [3.05, 3.63) is 29.8 Å². The Morgan fingerprint density at radius 1 is 1.27 bits per heavy atom. The summed E-state index contributed by atoms with van der Waals surface area (Å²) >= 11 is 0. The Bertz CT molecular complexity index is 412. The van der Waals surface area contributed by atoms with Crippen LogP contribution in [-0.2, 0) is 16.0 Å². The highest BCUT2D eigenvalue weighted by Crippen LogP contribution is 2.13. The molecule has 1 aromatic carbocycles. The maximum Gasteiger partial charge on any atom is 0.220 e.